The monoisotopic (exact) mass is 284 g/mol. The molecule has 21 heavy (non-hydrogen) atoms. The predicted molar refractivity (Wildman–Crippen MR) is 82.5 cm³/mol. The zero-order chi connectivity index (χ0) is 14.9. The summed E-state index contributed by atoms with van der Waals surface area (Å²) in [5.41, 5.74) is 7.39. The van der Waals surface area contributed by atoms with Crippen molar-refractivity contribution >= 4 is 5.91 Å². The SMILES string of the molecule is NC(=O)C(OCCNCc1ccccc1)c1ccccc1. The van der Waals surface area contributed by atoms with Gasteiger partial charge < -0.3 is 15.8 Å². The lowest BCUT2D eigenvalue weighted by Crippen LogP contribution is -2.27. The summed E-state index contributed by atoms with van der Waals surface area (Å²) < 4.78 is 5.59. The molecule has 1 amide bonds. The van der Waals surface area contributed by atoms with E-state index in [1.165, 1.54) is 5.56 Å². The van der Waals surface area contributed by atoms with E-state index in [0.29, 0.717) is 13.2 Å². The fourth-order valence-electron chi connectivity index (χ4n) is 2.05. The van der Waals surface area contributed by atoms with Gasteiger partial charge in [-0.25, -0.2) is 0 Å². The van der Waals surface area contributed by atoms with Crippen LogP contribution in [0.25, 0.3) is 0 Å². The zero-order valence-corrected chi connectivity index (χ0v) is 11.9. The number of benzene rings is 2. The van der Waals surface area contributed by atoms with Crippen molar-refractivity contribution in [2.24, 2.45) is 5.73 Å². The fraction of sp³-hybridized carbons (Fsp3) is 0.235. The highest BCUT2D eigenvalue weighted by Gasteiger charge is 2.17. The number of ether oxygens (including phenoxy) is 1. The summed E-state index contributed by atoms with van der Waals surface area (Å²) in [5.74, 6) is -0.468. The molecule has 0 saturated carbocycles. The van der Waals surface area contributed by atoms with Gasteiger partial charge in [-0.05, 0) is 11.1 Å². The third-order valence-electron chi connectivity index (χ3n) is 3.10. The third kappa shape index (κ3) is 5.02. The second-order valence-corrected chi connectivity index (χ2v) is 4.73. The molecule has 3 N–H and O–H groups in total. The summed E-state index contributed by atoms with van der Waals surface area (Å²) in [7, 11) is 0. The van der Waals surface area contributed by atoms with Crippen LogP contribution in [-0.4, -0.2) is 19.1 Å². The molecular weight excluding hydrogens is 264 g/mol. The second-order valence-electron chi connectivity index (χ2n) is 4.73. The maximum atomic E-state index is 11.5. The van der Waals surface area contributed by atoms with Crippen LogP contribution in [0.15, 0.2) is 60.7 Å². The van der Waals surface area contributed by atoms with E-state index in [-0.39, 0.29) is 0 Å². The molecule has 1 unspecified atom stereocenters. The molecule has 2 aromatic carbocycles. The van der Waals surface area contributed by atoms with Crippen molar-refractivity contribution < 1.29 is 9.53 Å². The molecule has 0 saturated heterocycles. The summed E-state index contributed by atoms with van der Waals surface area (Å²) in [4.78, 5) is 11.5. The van der Waals surface area contributed by atoms with Gasteiger partial charge in [0.15, 0.2) is 6.10 Å². The van der Waals surface area contributed by atoms with E-state index in [1.807, 2.05) is 48.5 Å². The average molecular weight is 284 g/mol. The number of hydrogen-bond acceptors (Lipinski definition) is 3. The molecule has 4 nitrogen and oxygen atoms in total. The van der Waals surface area contributed by atoms with Crippen molar-refractivity contribution in [1.82, 2.24) is 5.32 Å². The minimum Gasteiger partial charge on any atom is -0.367 e. The largest absolute Gasteiger partial charge is 0.367 e. The minimum absolute atomic E-state index is 0.426. The molecule has 0 aromatic heterocycles. The average Bonchev–Trinajstić information content (AvgIpc) is 2.52. The molecule has 0 radical (unpaired) electrons. The number of carbonyl (C=O) groups excluding carboxylic acids is 1. The highest BCUT2D eigenvalue weighted by molar-refractivity contribution is 5.80. The second kappa shape index (κ2) is 8.19. The van der Waals surface area contributed by atoms with Gasteiger partial charge in [-0.2, -0.15) is 0 Å². The molecule has 0 heterocycles. The van der Waals surface area contributed by atoms with Crippen LogP contribution in [0, 0.1) is 0 Å². The summed E-state index contributed by atoms with van der Waals surface area (Å²) in [6.45, 7) is 1.86. The highest BCUT2D eigenvalue weighted by atomic mass is 16.5. The number of rotatable bonds is 8. The maximum absolute atomic E-state index is 11.5. The quantitative estimate of drug-likeness (QED) is 0.729. The smallest absolute Gasteiger partial charge is 0.251 e. The molecule has 1 atom stereocenters. The van der Waals surface area contributed by atoms with E-state index in [1.54, 1.807) is 0 Å². The molecule has 0 spiro atoms. The Labute approximate surface area is 124 Å². The topological polar surface area (TPSA) is 64.4 Å². The van der Waals surface area contributed by atoms with Crippen LogP contribution >= 0.6 is 0 Å². The van der Waals surface area contributed by atoms with E-state index in [4.69, 9.17) is 10.5 Å². The van der Waals surface area contributed by atoms with Crippen LogP contribution in [0.5, 0.6) is 0 Å². The molecule has 4 heteroatoms. The first-order valence-corrected chi connectivity index (χ1v) is 6.98. The van der Waals surface area contributed by atoms with Gasteiger partial charge in [0.25, 0.3) is 5.91 Å². The van der Waals surface area contributed by atoms with Gasteiger partial charge in [-0.15, -0.1) is 0 Å². The molecule has 2 aromatic rings. The third-order valence-corrected chi connectivity index (χ3v) is 3.10. The Kier molecular flexibility index (Phi) is 5.94. The van der Waals surface area contributed by atoms with Crippen molar-refractivity contribution in [3.8, 4) is 0 Å². The summed E-state index contributed by atoms with van der Waals surface area (Å²) in [5, 5.41) is 3.27. The van der Waals surface area contributed by atoms with Gasteiger partial charge in [0.1, 0.15) is 0 Å². The van der Waals surface area contributed by atoms with Crippen molar-refractivity contribution in [3.63, 3.8) is 0 Å². The molecule has 0 fully saturated rings. The van der Waals surface area contributed by atoms with E-state index >= 15 is 0 Å². The van der Waals surface area contributed by atoms with E-state index in [2.05, 4.69) is 17.4 Å². The molecule has 0 aliphatic carbocycles. The molecule has 2 rings (SSSR count). The Morgan fingerprint density at radius 2 is 1.67 bits per heavy atom. The predicted octanol–water partition coefficient (Wildman–Crippen LogP) is 2.02. The summed E-state index contributed by atoms with van der Waals surface area (Å²) >= 11 is 0. The Morgan fingerprint density at radius 3 is 2.29 bits per heavy atom. The summed E-state index contributed by atoms with van der Waals surface area (Å²) in [6, 6.07) is 19.4. The minimum atomic E-state index is -0.690. The lowest BCUT2D eigenvalue weighted by atomic mass is 10.1. The first-order valence-electron chi connectivity index (χ1n) is 6.98. The van der Waals surface area contributed by atoms with E-state index in [0.717, 1.165) is 12.1 Å². The van der Waals surface area contributed by atoms with Gasteiger partial charge in [0.05, 0.1) is 6.61 Å². The molecule has 0 bridgehead atoms. The van der Waals surface area contributed by atoms with Gasteiger partial charge >= 0.3 is 0 Å². The first-order chi connectivity index (χ1) is 10.3. The van der Waals surface area contributed by atoms with E-state index in [9.17, 15) is 4.79 Å². The Bertz CT molecular complexity index is 543. The number of nitrogens with two attached hydrogens (primary N) is 1. The number of amides is 1. The first kappa shape index (κ1) is 15.2. The lowest BCUT2D eigenvalue weighted by molar-refractivity contribution is -0.129. The molecule has 0 aliphatic heterocycles. The van der Waals surface area contributed by atoms with Crippen LogP contribution in [0.1, 0.15) is 17.2 Å². The lowest BCUT2D eigenvalue weighted by Gasteiger charge is -2.15. The maximum Gasteiger partial charge on any atom is 0.251 e. The van der Waals surface area contributed by atoms with Gasteiger partial charge in [-0.1, -0.05) is 60.7 Å². The Morgan fingerprint density at radius 1 is 1.05 bits per heavy atom. The van der Waals surface area contributed by atoms with Gasteiger partial charge in [0.2, 0.25) is 0 Å². The Balaban J connectivity index is 1.74. The van der Waals surface area contributed by atoms with Crippen molar-refractivity contribution in [3.05, 3.63) is 71.8 Å². The van der Waals surface area contributed by atoms with Crippen LogP contribution in [-0.2, 0) is 16.1 Å². The van der Waals surface area contributed by atoms with Crippen LogP contribution in [0.2, 0.25) is 0 Å². The van der Waals surface area contributed by atoms with Crippen LogP contribution in [0.4, 0.5) is 0 Å². The van der Waals surface area contributed by atoms with Gasteiger partial charge in [0, 0.05) is 13.1 Å². The normalized spacial score (nSPS) is 12.0. The number of hydrogen-bond donors (Lipinski definition) is 2. The van der Waals surface area contributed by atoms with Crippen molar-refractivity contribution in [2.75, 3.05) is 13.2 Å². The molecule has 110 valence electrons. The fourth-order valence-corrected chi connectivity index (χ4v) is 2.05. The van der Waals surface area contributed by atoms with E-state index < -0.39 is 12.0 Å². The van der Waals surface area contributed by atoms with Crippen molar-refractivity contribution in [2.45, 2.75) is 12.6 Å². The Hall–Kier alpha value is -2.17. The standard InChI is InChI=1S/C17H20N2O2/c18-17(20)16(15-9-5-2-6-10-15)21-12-11-19-13-14-7-3-1-4-8-14/h1-10,16,19H,11-13H2,(H2,18,20). The van der Waals surface area contributed by atoms with Crippen LogP contribution in [0.3, 0.4) is 0 Å². The number of primary amides is 1. The molecule has 0 aliphatic rings. The molecular formula is C17H20N2O2. The highest BCUT2D eigenvalue weighted by Crippen LogP contribution is 2.16. The number of carbonyl (C=O) groups is 1. The number of nitrogens with one attached hydrogen (secondary N) is 1. The summed E-state index contributed by atoms with van der Waals surface area (Å²) in [6.07, 6.45) is -0.690. The van der Waals surface area contributed by atoms with Crippen molar-refractivity contribution in [1.29, 1.82) is 0 Å². The zero-order valence-electron chi connectivity index (χ0n) is 11.9. The van der Waals surface area contributed by atoms with Gasteiger partial charge in [-0.3, -0.25) is 4.79 Å². The van der Waals surface area contributed by atoms with Crippen LogP contribution < -0.4 is 11.1 Å².